The number of rotatable bonds is 4. The Morgan fingerprint density at radius 1 is 1.00 bits per heavy atom. The van der Waals surface area contributed by atoms with Gasteiger partial charge in [0.15, 0.2) is 5.76 Å². The van der Waals surface area contributed by atoms with Crippen molar-refractivity contribution in [3.05, 3.63) is 59.9 Å². The highest BCUT2D eigenvalue weighted by atomic mass is 32.2. The van der Waals surface area contributed by atoms with Crippen LogP contribution in [0.2, 0.25) is 0 Å². The Balaban J connectivity index is 1.41. The average Bonchev–Trinajstić information content (AvgIpc) is 3.22. The number of carbonyl (C=O) groups is 2. The van der Waals surface area contributed by atoms with Gasteiger partial charge in [-0.3, -0.25) is 14.8 Å². The summed E-state index contributed by atoms with van der Waals surface area (Å²) in [6.45, 7) is 1.17. The van der Waals surface area contributed by atoms with Crippen molar-refractivity contribution >= 4 is 40.5 Å². The molecule has 0 radical (unpaired) electrons. The summed E-state index contributed by atoms with van der Waals surface area (Å²) in [5, 5.41) is 2.81. The van der Waals surface area contributed by atoms with E-state index in [1.165, 1.54) is 18.2 Å². The summed E-state index contributed by atoms with van der Waals surface area (Å²) < 4.78 is 48.6. The van der Waals surface area contributed by atoms with Gasteiger partial charge in [0, 0.05) is 29.1 Å². The van der Waals surface area contributed by atoms with Crippen molar-refractivity contribution in [1.29, 1.82) is 0 Å². The lowest BCUT2D eigenvalue weighted by molar-refractivity contribution is -0.137. The van der Waals surface area contributed by atoms with Crippen LogP contribution in [0.4, 0.5) is 23.7 Å². The third kappa shape index (κ3) is 5.01. The number of anilines is 1. The summed E-state index contributed by atoms with van der Waals surface area (Å²) in [5.74, 6) is -0.799. The summed E-state index contributed by atoms with van der Waals surface area (Å²) in [7, 11) is 0. The number of alkyl halides is 3. The van der Waals surface area contributed by atoms with Crippen molar-refractivity contribution in [3.63, 3.8) is 0 Å². The molecule has 6 nitrogen and oxygen atoms in total. The first-order chi connectivity index (χ1) is 15.3. The maximum Gasteiger partial charge on any atom is 0.418 e. The monoisotopic (exact) mass is 463 g/mol. The smallest absolute Gasteiger partial charge is 0.418 e. The SMILES string of the molecule is O=C(NSc1ccc(N2CCCCC2)c(C(F)(F)F)c1)NC(=O)c1cc2ccccc2o1. The Labute approximate surface area is 186 Å². The highest BCUT2D eigenvalue weighted by molar-refractivity contribution is 7.98. The number of hydrogen-bond acceptors (Lipinski definition) is 5. The van der Waals surface area contributed by atoms with Gasteiger partial charge < -0.3 is 9.32 Å². The van der Waals surface area contributed by atoms with E-state index in [0.717, 1.165) is 25.3 Å². The largest absolute Gasteiger partial charge is 0.451 e. The highest BCUT2D eigenvalue weighted by Gasteiger charge is 2.35. The first kappa shape index (κ1) is 22.1. The maximum absolute atomic E-state index is 13.6. The quantitative estimate of drug-likeness (QED) is 0.494. The number of furan rings is 1. The number of nitrogens with zero attached hydrogens (tertiary/aromatic N) is 1. The molecule has 4 rings (SSSR count). The second-order valence-corrected chi connectivity index (χ2v) is 8.24. The van der Waals surface area contributed by atoms with Gasteiger partial charge in [0.2, 0.25) is 0 Å². The summed E-state index contributed by atoms with van der Waals surface area (Å²) in [6, 6.07) is 11.6. The molecule has 1 saturated heterocycles. The number of imide groups is 1. The summed E-state index contributed by atoms with van der Waals surface area (Å²) in [6.07, 6.45) is -1.80. The molecule has 0 aliphatic carbocycles. The third-order valence-electron chi connectivity index (χ3n) is 5.11. The second kappa shape index (κ2) is 9.15. The van der Waals surface area contributed by atoms with Crippen LogP contribution in [-0.4, -0.2) is 25.0 Å². The van der Waals surface area contributed by atoms with E-state index >= 15 is 0 Å². The van der Waals surface area contributed by atoms with Crippen molar-refractivity contribution in [3.8, 4) is 0 Å². The number of para-hydroxylation sites is 1. The van der Waals surface area contributed by atoms with Gasteiger partial charge in [0.05, 0.1) is 5.56 Å². The fraction of sp³-hybridized carbons (Fsp3) is 0.273. The van der Waals surface area contributed by atoms with Crippen molar-refractivity contribution in [2.75, 3.05) is 18.0 Å². The maximum atomic E-state index is 13.6. The Morgan fingerprint density at radius 2 is 1.75 bits per heavy atom. The molecular weight excluding hydrogens is 443 g/mol. The van der Waals surface area contributed by atoms with E-state index in [1.54, 1.807) is 29.2 Å². The number of urea groups is 1. The van der Waals surface area contributed by atoms with Crippen LogP contribution in [-0.2, 0) is 6.18 Å². The standard InChI is InChI=1S/C22H20F3N3O3S/c23-22(24,25)16-13-15(8-9-17(16)28-10-4-1-5-11-28)32-27-21(30)26-20(29)19-12-14-6-2-3-7-18(14)31-19/h2-3,6-9,12-13H,1,4-5,10-11H2,(H2,26,27,29,30). The molecule has 3 amide bonds. The number of halogens is 3. The lowest BCUT2D eigenvalue weighted by atomic mass is 10.1. The van der Waals surface area contributed by atoms with Gasteiger partial charge in [-0.1, -0.05) is 18.2 Å². The van der Waals surface area contributed by atoms with Crippen LogP contribution in [0.3, 0.4) is 0 Å². The number of hydrogen-bond donors (Lipinski definition) is 2. The van der Waals surface area contributed by atoms with E-state index in [9.17, 15) is 22.8 Å². The molecule has 1 aliphatic rings. The summed E-state index contributed by atoms with van der Waals surface area (Å²) >= 11 is 0.693. The molecule has 2 aromatic carbocycles. The fourth-order valence-electron chi connectivity index (χ4n) is 3.61. The topological polar surface area (TPSA) is 74.6 Å². The van der Waals surface area contributed by atoms with Crippen LogP contribution in [0, 0.1) is 0 Å². The normalized spacial score (nSPS) is 14.4. The molecule has 2 N–H and O–H groups in total. The van der Waals surface area contributed by atoms with Crippen molar-refractivity contribution in [1.82, 2.24) is 10.0 Å². The van der Waals surface area contributed by atoms with Gasteiger partial charge in [-0.15, -0.1) is 0 Å². The second-order valence-electron chi connectivity index (χ2n) is 7.36. The molecule has 0 unspecified atom stereocenters. The van der Waals surface area contributed by atoms with Gasteiger partial charge in [0.25, 0.3) is 5.91 Å². The van der Waals surface area contributed by atoms with Gasteiger partial charge in [-0.05, 0) is 61.5 Å². The Morgan fingerprint density at radius 3 is 2.47 bits per heavy atom. The molecule has 1 aromatic heterocycles. The first-order valence-corrected chi connectivity index (χ1v) is 10.9. The Bertz CT molecular complexity index is 1110. The van der Waals surface area contributed by atoms with E-state index in [2.05, 4.69) is 10.0 Å². The van der Waals surface area contributed by atoms with Crippen LogP contribution >= 0.6 is 11.9 Å². The number of piperidine rings is 1. The van der Waals surface area contributed by atoms with Crippen molar-refractivity contribution in [2.24, 2.45) is 0 Å². The van der Waals surface area contributed by atoms with Gasteiger partial charge in [0.1, 0.15) is 5.58 Å². The molecule has 3 aromatic rings. The van der Waals surface area contributed by atoms with E-state index in [4.69, 9.17) is 4.42 Å². The lowest BCUT2D eigenvalue weighted by Gasteiger charge is -2.31. The predicted molar refractivity (Wildman–Crippen MR) is 116 cm³/mol. The summed E-state index contributed by atoms with van der Waals surface area (Å²) in [5.41, 5.74) is -0.100. The van der Waals surface area contributed by atoms with Crippen molar-refractivity contribution in [2.45, 2.75) is 30.3 Å². The number of fused-ring (bicyclic) bond motifs is 1. The highest BCUT2D eigenvalue weighted by Crippen LogP contribution is 2.39. The fourth-order valence-corrected chi connectivity index (χ4v) is 4.18. The number of nitrogens with one attached hydrogen (secondary N) is 2. The van der Waals surface area contributed by atoms with Crippen molar-refractivity contribution < 1.29 is 27.2 Å². The molecule has 10 heteroatoms. The van der Waals surface area contributed by atoms with Crippen LogP contribution in [0.15, 0.2) is 57.8 Å². The molecule has 0 spiro atoms. The average molecular weight is 463 g/mol. The zero-order valence-electron chi connectivity index (χ0n) is 16.9. The van der Waals surface area contributed by atoms with E-state index < -0.39 is 23.7 Å². The van der Waals surface area contributed by atoms with Gasteiger partial charge in [-0.25, -0.2) is 4.79 Å². The molecule has 2 heterocycles. The molecule has 32 heavy (non-hydrogen) atoms. The van der Waals surface area contributed by atoms with Crippen LogP contribution in [0.5, 0.6) is 0 Å². The van der Waals surface area contributed by atoms with E-state index in [0.29, 0.717) is 36.0 Å². The van der Waals surface area contributed by atoms with Crippen LogP contribution in [0.1, 0.15) is 35.4 Å². The molecule has 0 saturated carbocycles. The van der Waals surface area contributed by atoms with E-state index in [-0.39, 0.29) is 16.3 Å². The van der Waals surface area contributed by atoms with Crippen LogP contribution < -0.4 is 14.9 Å². The first-order valence-electron chi connectivity index (χ1n) is 10.0. The van der Waals surface area contributed by atoms with Crippen LogP contribution in [0.25, 0.3) is 11.0 Å². The minimum absolute atomic E-state index is 0.0448. The molecule has 0 atom stereocenters. The molecular formula is C22H20F3N3O3S. The number of benzene rings is 2. The van der Waals surface area contributed by atoms with Gasteiger partial charge >= 0.3 is 12.2 Å². The van der Waals surface area contributed by atoms with E-state index in [1.807, 2.05) is 0 Å². The molecule has 1 fully saturated rings. The Hall–Kier alpha value is -3.14. The zero-order chi connectivity index (χ0) is 22.7. The molecule has 168 valence electrons. The third-order valence-corrected chi connectivity index (χ3v) is 5.89. The number of amides is 3. The number of carbonyl (C=O) groups excluding carboxylic acids is 2. The zero-order valence-corrected chi connectivity index (χ0v) is 17.7. The summed E-state index contributed by atoms with van der Waals surface area (Å²) in [4.78, 5) is 26.2. The minimum Gasteiger partial charge on any atom is -0.451 e. The van der Waals surface area contributed by atoms with Gasteiger partial charge in [-0.2, -0.15) is 13.2 Å². The predicted octanol–water partition coefficient (Wildman–Crippen LogP) is 5.59. The minimum atomic E-state index is -4.52. The molecule has 0 bridgehead atoms. The lowest BCUT2D eigenvalue weighted by Crippen LogP contribution is -2.36. The molecule has 1 aliphatic heterocycles. The Kier molecular flexibility index (Phi) is 6.31.